The molecule has 0 saturated carbocycles. The number of esters is 1. The van der Waals surface area contributed by atoms with Crippen LogP contribution in [0.1, 0.15) is 30.1 Å². The zero-order valence-electron chi connectivity index (χ0n) is 15.5. The second kappa shape index (κ2) is 9.57. The molecule has 1 amide bonds. The SMILES string of the molecule is C[C@H](OC(=O)c1ccc(OC[C@H]2CCCO2)cc1)C(=O)Nc1cccc(Cl)c1. The first kappa shape index (κ1) is 20.2. The van der Waals surface area contributed by atoms with Gasteiger partial charge in [-0.05, 0) is 62.2 Å². The maximum atomic E-state index is 12.3. The molecule has 28 heavy (non-hydrogen) atoms. The van der Waals surface area contributed by atoms with Gasteiger partial charge in [0.25, 0.3) is 5.91 Å². The van der Waals surface area contributed by atoms with E-state index >= 15 is 0 Å². The fourth-order valence-corrected chi connectivity index (χ4v) is 2.93. The van der Waals surface area contributed by atoms with Crippen molar-refractivity contribution in [1.82, 2.24) is 0 Å². The van der Waals surface area contributed by atoms with E-state index in [-0.39, 0.29) is 6.10 Å². The number of halogens is 1. The molecular weight excluding hydrogens is 382 g/mol. The zero-order chi connectivity index (χ0) is 19.9. The summed E-state index contributed by atoms with van der Waals surface area (Å²) in [6.07, 6.45) is 1.23. The van der Waals surface area contributed by atoms with Crippen molar-refractivity contribution in [3.05, 3.63) is 59.1 Å². The van der Waals surface area contributed by atoms with Crippen LogP contribution in [0.3, 0.4) is 0 Å². The van der Waals surface area contributed by atoms with Gasteiger partial charge in [-0.3, -0.25) is 4.79 Å². The normalized spacial score (nSPS) is 17.0. The van der Waals surface area contributed by atoms with Gasteiger partial charge in [-0.2, -0.15) is 0 Å². The van der Waals surface area contributed by atoms with E-state index in [0.29, 0.717) is 28.6 Å². The number of hydrogen-bond acceptors (Lipinski definition) is 5. The Morgan fingerprint density at radius 1 is 1.25 bits per heavy atom. The number of anilines is 1. The molecular formula is C21H22ClNO5. The van der Waals surface area contributed by atoms with Crippen molar-refractivity contribution in [2.24, 2.45) is 0 Å². The minimum atomic E-state index is -0.957. The number of benzene rings is 2. The molecule has 1 fully saturated rings. The van der Waals surface area contributed by atoms with Gasteiger partial charge in [0, 0.05) is 17.3 Å². The maximum absolute atomic E-state index is 12.3. The number of ether oxygens (including phenoxy) is 3. The van der Waals surface area contributed by atoms with Gasteiger partial charge in [-0.15, -0.1) is 0 Å². The summed E-state index contributed by atoms with van der Waals surface area (Å²) in [5.41, 5.74) is 0.875. The molecule has 2 atom stereocenters. The van der Waals surface area contributed by atoms with Crippen molar-refractivity contribution < 1.29 is 23.8 Å². The lowest BCUT2D eigenvalue weighted by Gasteiger charge is -2.14. The van der Waals surface area contributed by atoms with E-state index < -0.39 is 18.0 Å². The summed E-state index contributed by atoms with van der Waals surface area (Å²) in [6, 6.07) is 13.3. The summed E-state index contributed by atoms with van der Waals surface area (Å²) in [5.74, 6) is -0.370. The summed E-state index contributed by atoms with van der Waals surface area (Å²) in [5, 5.41) is 3.16. The zero-order valence-corrected chi connectivity index (χ0v) is 16.3. The highest BCUT2D eigenvalue weighted by Crippen LogP contribution is 2.18. The largest absolute Gasteiger partial charge is 0.491 e. The molecule has 148 valence electrons. The Morgan fingerprint density at radius 2 is 2.04 bits per heavy atom. The number of amides is 1. The van der Waals surface area contributed by atoms with Crippen molar-refractivity contribution in [2.45, 2.75) is 32.0 Å². The summed E-state index contributed by atoms with van der Waals surface area (Å²) < 4.78 is 16.4. The first-order chi connectivity index (χ1) is 13.5. The quantitative estimate of drug-likeness (QED) is 0.705. The molecule has 2 aromatic rings. The smallest absolute Gasteiger partial charge is 0.338 e. The molecule has 1 N–H and O–H groups in total. The Hall–Kier alpha value is -2.57. The fraction of sp³-hybridized carbons (Fsp3) is 0.333. The highest BCUT2D eigenvalue weighted by Gasteiger charge is 2.20. The van der Waals surface area contributed by atoms with E-state index in [1.165, 1.54) is 6.92 Å². The minimum Gasteiger partial charge on any atom is -0.491 e. The van der Waals surface area contributed by atoms with Crippen LogP contribution in [0, 0.1) is 0 Å². The Kier molecular flexibility index (Phi) is 6.90. The number of carbonyl (C=O) groups excluding carboxylic acids is 2. The van der Waals surface area contributed by atoms with Gasteiger partial charge in [-0.25, -0.2) is 4.79 Å². The number of rotatable bonds is 7. The van der Waals surface area contributed by atoms with Gasteiger partial charge in [-0.1, -0.05) is 17.7 Å². The van der Waals surface area contributed by atoms with Crippen molar-refractivity contribution in [2.75, 3.05) is 18.5 Å². The van der Waals surface area contributed by atoms with Crippen molar-refractivity contribution in [3.8, 4) is 5.75 Å². The molecule has 0 radical (unpaired) electrons. The third-order valence-electron chi connectivity index (χ3n) is 4.30. The highest BCUT2D eigenvalue weighted by molar-refractivity contribution is 6.30. The molecule has 0 aromatic heterocycles. The van der Waals surface area contributed by atoms with Crippen LogP contribution >= 0.6 is 11.6 Å². The van der Waals surface area contributed by atoms with Crippen LogP contribution in [-0.4, -0.2) is 37.3 Å². The predicted molar refractivity (Wildman–Crippen MR) is 106 cm³/mol. The number of carbonyl (C=O) groups is 2. The molecule has 2 aromatic carbocycles. The monoisotopic (exact) mass is 403 g/mol. The first-order valence-corrected chi connectivity index (χ1v) is 9.51. The molecule has 1 aliphatic heterocycles. The van der Waals surface area contributed by atoms with Crippen molar-refractivity contribution in [1.29, 1.82) is 0 Å². The number of hydrogen-bond donors (Lipinski definition) is 1. The van der Waals surface area contributed by atoms with Crippen molar-refractivity contribution >= 4 is 29.2 Å². The summed E-state index contributed by atoms with van der Waals surface area (Å²) in [6.45, 7) is 2.78. The van der Waals surface area contributed by atoms with Gasteiger partial charge in [0.15, 0.2) is 6.10 Å². The third-order valence-corrected chi connectivity index (χ3v) is 4.53. The Balaban J connectivity index is 1.49. The average Bonchev–Trinajstić information content (AvgIpc) is 3.20. The molecule has 6 nitrogen and oxygen atoms in total. The Labute approximate surface area is 168 Å². The van der Waals surface area contributed by atoms with Gasteiger partial charge in [0.2, 0.25) is 0 Å². The van der Waals surface area contributed by atoms with Crippen LogP contribution < -0.4 is 10.1 Å². The summed E-state index contributed by atoms with van der Waals surface area (Å²) in [4.78, 5) is 24.5. The van der Waals surface area contributed by atoms with Crippen LogP contribution in [0.2, 0.25) is 5.02 Å². The molecule has 0 spiro atoms. The first-order valence-electron chi connectivity index (χ1n) is 9.13. The lowest BCUT2D eigenvalue weighted by Crippen LogP contribution is -2.30. The second-order valence-corrected chi connectivity index (χ2v) is 6.95. The lowest BCUT2D eigenvalue weighted by molar-refractivity contribution is -0.123. The van der Waals surface area contributed by atoms with E-state index in [1.54, 1.807) is 48.5 Å². The second-order valence-electron chi connectivity index (χ2n) is 6.52. The van der Waals surface area contributed by atoms with E-state index in [2.05, 4.69) is 5.32 Å². The van der Waals surface area contributed by atoms with Gasteiger partial charge < -0.3 is 19.5 Å². The molecule has 1 aliphatic rings. The van der Waals surface area contributed by atoms with E-state index in [0.717, 1.165) is 19.4 Å². The van der Waals surface area contributed by atoms with Crippen LogP contribution in [0.5, 0.6) is 5.75 Å². The Bertz CT molecular complexity index is 818. The van der Waals surface area contributed by atoms with Gasteiger partial charge in [0.05, 0.1) is 11.7 Å². The fourth-order valence-electron chi connectivity index (χ4n) is 2.74. The molecule has 0 aliphatic carbocycles. The van der Waals surface area contributed by atoms with Crippen LogP contribution in [0.15, 0.2) is 48.5 Å². The summed E-state index contributed by atoms with van der Waals surface area (Å²) in [7, 11) is 0. The molecule has 1 heterocycles. The minimum absolute atomic E-state index is 0.128. The van der Waals surface area contributed by atoms with E-state index in [4.69, 9.17) is 25.8 Å². The van der Waals surface area contributed by atoms with Crippen molar-refractivity contribution in [3.63, 3.8) is 0 Å². The number of nitrogens with one attached hydrogen (secondary N) is 1. The molecule has 1 saturated heterocycles. The van der Waals surface area contributed by atoms with Gasteiger partial charge >= 0.3 is 5.97 Å². The Morgan fingerprint density at radius 3 is 2.71 bits per heavy atom. The predicted octanol–water partition coefficient (Wildman–Crippen LogP) is 4.08. The van der Waals surface area contributed by atoms with Crippen LogP contribution in [0.4, 0.5) is 5.69 Å². The lowest BCUT2D eigenvalue weighted by atomic mass is 10.2. The maximum Gasteiger partial charge on any atom is 0.338 e. The highest BCUT2D eigenvalue weighted by atomic mass is 35.5. The van der Waals surface area contributed by atoms with Crippen LogP contribution in [-0.2, 0) is 14.3 Å². The average molecular weight is 404 g/mol. The topological polar surface area (TPSA) is 73.9 Å². The van der Waals surface area contributed by atoms with E-state index in [1.807, 2.05) is 0 Å². The molecule has 3 rings (SSSR count). The van der Waals surface area contributed by atoms with Crippen LogP contribution in [0.25, 0.3) is 0 Å². The molecule has 7 heteroatoms. The molecule has 0 bridgehead atoms. The van der Waals surface area contributed by atoms with E-state index in [9.17, 15) is 9.59 Å². The molecule has 0 unspecified atom stereocenters. The third kappa shape index (κ3) is 5.71. The van der Waals surface area contributed by atoms with Gasteiger partial charge in [0.1, 0.15) is 12.4 Å². The standard InChI is InChI=1S/C21H22ClNO5/c1-14(20(24)23-17-5-2-4-16(22)12-17)28-21(25)15-7-9-18(10-8-15)27-13-19-6-3-11-26-19/h2,4-5,7-10,12,14,19H,3,6,11,13H2,1H3,(H,23,24)/t14-,19+/m0/s1. The summed E-state index contributed by atoms with van der Waals surface area (Å²) >= 11 is 5.89.